The highest BCUT2D eigenvalue weighted by Crippen LogP contribution is 2.21. The van der Waals surface area contributed by atoms with Crippen LogP contribution in [0.1, 0.15) is 32.5 Å². The van der Waals surface area contributed by atoms with Gasteiger partial charge >= 0.3 is 0 Å². The molecule has 0 aliphatic carbocycles. The van der Waals surface area contributed by atoms with Gasteiger partial charge in [-0.25, -0.2) is 4.39 Å². The molecule has 2 rings (SSSR count). The number of para-hydroxylation sites is 1. The summed E-state index contributed by atoms with van der Waals surface area (Å²) in [5.74, 6) is 0.592. The summed E-state index contributed by atoms with van der Waals surface area (Å²) in [5, 5.41) is 3.86. The highest BCUT2D eigenvalue weighted by atomic mass is 19.1. The number of hydrogen-bond donors (Lipinski definition) is 1. The summed E-state index contributed by atoms with van der Waals surface area (Å²) in [5.41, 5.74) is 5.77. The first kappa shape index (κ1) is 14.5. The highest BCUT2D eigenvalue weighted by Gasteiger charge is 2.22. The molecule has 0 aliphatic rings. The SMILES string of the molecule is CCN(Cc1nc(C(C)(C)N)no1)c1ccccc1F. The molecule has 0 saturated carbocycles. The molecule has 108 valence electrons. The molecule has 0 radical (unpaired) electrons. The molecule has 0 amide bonds. The van der Waals surface area contributed by atoms with Gasteiger partial charge in [0.05, 0.1) is 17.8 Å². The van der Waals surface area contributed by atoms with Crippen LogP contribution in [0.3, 0.4) is 0 Å². The number of hydrogen-bond acceptors (Lipinski definition) is 5. The summed E-state index contributed by atoms with van der Waals surface area (Å²) in [6.07, 6.45) is 0. The van der Waals surface area contributed by atoms with Crippen molar-refractivity contribution in [3.63, 3.8) is 0 Å². The Morgan fingerprint density at radius 2 is 2.05 bits per heavy atom. The monoisotopic (exact) mass is 278 g/mol. The highest BCUT2D eigenvalue weighted by molar-refractivity contribution is 5.47. The lowest BCUT2D eigenvalue weighted by Gasteiger charge is -2.21. The van der Waals surface area contributed by atoms with Gasteiger partial charge in [-0.15, -0.1) is 0 Å². The number of nitrogens with two attached hydrogens (primary N) is 1. The third kappa shape index (κ3) is 3.14. The average molecular weight is 278 g/mol. The van der Waals surface area contributed by atoms with Crippen LogP contribution in [-0.4, -0.2) is 16.7 Å². The van der Waals surface area contributed by atoms with Crippen molar-refractivity contribution >= 4 is 5.69 Å². The number of rotatable bonds is 5. The summed E-state index contributed by atoms with van der Waals surface area (Å²) in [4.78, 5) is 6.09. The molecule has 20 heavy (non-hydrogen) atoms. The summed E-state index contributed by atoms with van der Waals surface area (Å²) in [6, 6.07) is 6.61. The van der Waals surface area contributed by atoms with E-state index in [1.54, 1.807) is 32.0 Å². The van der Waals surface area contributed by atoms with Gasteiger partial charge < -0.3 is 15.2 Å². The van der Waals surface area contributed by atoms with Crippen LogP contribution in [-0.2, 0) is 12.1 Å². The second-order valence-corrected chi connectivity index (χ2v) is 5.20. The minimum absolute atomic E-state index is 0.270. The maximum atomic E-state index is 13.8. The Hall–Kier alpha value is -1.95. The molecular weight excluding hydrogens is 259 g/mol. The molecular formula is C14H19FN4O. The van der Waals surface area contributed by atoms with E-state index in [4.69, 9.17) is 10.3 Å². The molecule has 5 nitrogen and oxygen atoms in total. The fourth-order valence-electron chi connectivity index (χ4n) is 1.82. The van der Waals surface area contributed by atoms with Gasteiger partial charge in [0, 0.05) is 6.54 Å². The van der Waals surface area contributed by atoms with E-state index in [9.17, 15) is 4.39 Å². The Morgan fingerprint density at radius 1 is 1.35 bits per heavy atom. The zero-order valence-electron chi connectivity index (χ0n) is 11.9. The summed E-state index contributed by atoms with van der Waals surface area (Å²) in [7, 11) is 0. The predicted octanol–water partition coefficient (Wildman–Crippen LogP) is 2.43. The van der Waals surface area contributed by atoms with E-state index in [0.29, 0.717) is 30.5 Å². The third-order valence-corrected chi connectivity index (χ3v) is 2.95. The molecule has 0 atom stereocenters. The van der Waals surface area contributed by atoms with Crippen molar-refractivity contribution in [1.82, 2.24) is 10.1 Å². The van der Waals surface area contributed by atoms with Gasteiger partial charge in [-0.3, -0.25) is 0 Å². The van der Waals surface area contributed by atoms with Gasteiger partial charge in [-0.1, -0.05) is 17.3 Å². The van der Waals surface area contributed by atoms with Crippen molar-refractivity contribution in [2.24, 2.45) is 5.73 Å². The Labute approximate surface area is 117 Å². The lowest BCUT2D eigenvalue weighted by molar-refractivity contribution is 0.359. The number of anilines is 1. The van der Waals surface area contributed by atoms with E-state index >= 15 is 0 Å². The van der Waals surface area contributed by atoms with Crippen molar-refractivity contribution in [2.45, 2.75) is 32.9 Å². The van der Waals surface area contributed by atoms with E-state index in [2.05, 4.69) is 10.1 Å². The lowest BCUT2D eigenvalue weighted by Crippen LogP contribution is -2.30. The van der Waals surface area contributed by atoms with Gasteiger partial charge in [-0.2, -0.15) is 4.98 Å². The molecule has 6 heteroatoms. The molecule has 0 aliphatic heterocycles. The smallest absolute Gasteiger partial charge is 0.246 e. The Morgan fingerprint density at radius 3 is 2.60 bits per heavy atom. The van der Waals surface area contributed by atoms with Crippen molar-refractivity contribution in [3.8, 4) is 0 Å². The van der Waals surface area contributed by atoms with Crippen LogP contribution in [0.2, 0.25) is 0 Å². The second kappa shape index (κ2) is 5.58. The molecule has 0 saturated heterocycles. The van der Waals surface area contributed by atoms with Crippen LogP contribution >= 0.6 is 0 Å². The number of halogens is 1. The fourth-order valence-corrected chi connectivity index (χ4v) is 1.82. The van der Waals surface area contributed by atoms with Crippen LogP contribution in [0.25, 0.3) is 0 Å². The first-order valence-corrected chi connectivity index (χ1v) is 6.53. The van der Waals surface area contributed by atoms with Gasteiger partial charge in [-0.05, 0) is 32.9 Å². The molecule has 0 bridgehead atoms. The Kier molecular flexibility index (Phi) is 4.04. The van der Waals surface area contributed by atoms with E-state index < -0.39 is 5.54 Å². The molecule has 0 unspecified atom stereocenters. The zero-order chi connectivity index (χ0) is 14.8. The summed E-state index contributed by atoms with van der Waals surface area (Å²) >= 11 is 0. The van der Waals surface area contributed by atoms with Gasteiger partial charge in [0.25, 0.3) is 0 Å². The number of benzene rings is 1. The van der Waals surface area contributed by atoms with Crippen LogP contribution in [0.15, 0.2) is 28.8 Å². The maximum absolute atomic E-state index is 13.8. The topological polar surface area (TPSA) is 68.2 Å². The predicted molar refractivity (Wildman–Crippen MR) is 74.6 cm³/mol. The molecule has 2 N–H and O–H groups in total. The van der Waals surface area contributed by atoms with Crippen molar-refractivity contribution < 1.29 is 8.91 Å². The van der Waals surface area contributed by atoms with Gasteiger partial charge in [0.1, 0.15) is 5.82 Å². The molecule has 2 aromatic rings. The molecule has 1 aromatic heterocycles. The second-order valence-electron chi connectivity index (χ2n) is 5.20. The van der Waals surface area contributed by atoms with E-state index in [-0.39, 0.29) is 5.82 Å². The van der Waals surface area contributed by atoms with Gasteiger partial charge in [0.2, 0.25) is 5.89 Å². The maximum Gasteiger partial charge on any atom is 0.246 e. The summed E-state index contributed by atoms with van der Waals surface area (Å²) in [6.45, 7) is 6.52. The fraction of sp³-hybridized carbons (Fsp3) is 0.429. The van der Waals surface area contributed by atoms with Crippen LogP contribution < -0.4 is 10.6 Å². The average Bonchev–Trinajstić information content (AvgIpc) is 2.85. The van der Waals surface area contributed by atoms with Crippen LogP contribution in [0.4, 0.5) is 10.1 Å². The molecule has 1 heterocycles. The van der Waals surface area contributed by atoms with Gasteiger partial charge in [0.15, 0.2) is 5.82 Å². The first-order valence-electron chi connectivity index (χ1n) is 6.53. The Bertz CT molecular complexity index is 577. The van der Waals surface area contributed by atoms with Crippen molar-refractivity contribution in [3.05, 3.63) is 41.8 Å². The molecule has 1 aromatic carbocycles. The normalized spacial score (nSPS) is 11.7. The minimum Gasteiger partial charge on any atom is -0.360 e. The molecule has 0 fully saturated rings. The van der Waals surface area contributed by atoms with E-state index in [1.165, 1.54) is 6.07 Å². The van der Waals surface area contributed by atoms with E-state index in [0.717, 1.165) is 0 Å². The quantitative estimate of drug-likeness (QED) is 0.909. The van der Waals surface area contributed by atoms with Crippen molar-refractivity contribution in [1.29, 1.82) is 0 Å². The summed E-state index contributed by atoms with van der Waals surface area (Å²) < 4.78 is 19.0. The Balaban J connectivity index is 2.19. The standard InChI is InChI=1S/C14H19FN4O/c1-4-19(11-8-6-5-7-10(11)15)9-12-17-13(18-20-12)14(2,3)16/h5-8H,4,9,16H2,1-3H3. The van der Waals surface area contributed by atoms with Crippen LogP contribution in [0, 0.1) is 5.82 Å². The zero-order valence-corrected chi connectivity index (χ0v) is 11.9. The largest absolute Gasteiger partial charge is 0.360 e. The van der Waals surface area contributed by atoms with Crippen molar-refractivity contribution in [2.75, 3.05) is 11.4 Å². The number of nitrogens with zero attached hydrogens (tertiary/aromatic N) is 3. The van der Waals surface area contributed by atoms with Crippen LogP contribution in [0.5, 0.6) is 0 Å². The minimum atomic E-state index is -0.656. The lowest BCUT2D eigenvalue weighted by atomic mass is 10.1. The van der Waals surface area contributed by atoms with E-state index in [1.807, 2.05) is 11.8 Å². The first-order chi connectivity index (χ1) is 9.41. The molecule has 0 spiro atoms. The number of aromatic nitrogens is 2. The third-order valence-electron chi connectivity index (χ3n) is 2.95.